The maximum absolute atomic E-state index is 12.1. The highest BCUT2D eigenvalue weighted by molar-refractivity contribution is 5.88. The molecule has 3 aliphatic rings. The van der Waals surface area contributed by atoms with Crippen molar-refractivity contribution in [3.8, 4) is 0 Å². The molecule has 6 heteroatoms. The van der Waals surface area contributed by atoms with Crippen molar-refractivity contribution in [2.45, 2.75) is 58.6 Å². The number of carbonyl (C=O) groups excluding carboxylic acids is 2. The second kappa shape index (κ2) is 6.10. The van der Waals surface area contributed by atoms with Gasteiger partial charge in [-0.3, -0.25) is 4.98 Å². The standard InChI is InChI=1S/C21H27N3O3/c1-14-7-15-5-6-24(18(11-25)17(15)10-22-14)16-8-21(9-16)12-23(13-21)19(26)27-20(2,3)4/h7,10,16H,5-6,8-9,12-13H2,1-4H3. The van der Waals surface area contributed by atoms with E-state index in [-0.39, 0.29) is 11.5 Å². The first kappa shape index (κ1) is 18.1. The lowest BCUT2D eigenvalue weighted by molar-refractivity contribution is -0.0986. The fourth-order valence-corrected chi connectivity index (χ4v) is 4.66. The number of aromatic nitrogens is 1. The lowest BCUT2D eigenvalue weighted by Gasteiger charge is -2.61. The van der Waals surface area contributed by atoms with Crippen LogP contribution in [0.15, 0.2) is 12.3 Å². The molecule has 0 aromatic carbocycles. The number of hydrogen-bond donors (Lipinski definition) is 0. The maximum atomic E-state index is 12.1. The summed E-state index contributed by atoms with van der Waals surface area (Å²) in [4.78, 5) is 32.2. The molecular weight excluding hydrogens is 342 g/mol. The Hall–Kier alpha value is -2.33. The van der Waals surface area contributed by atoms with E-state index in [0.29, 0.717) is 11.7 Å². The van der Waals surface area contributed by atoms with Gasteiger partial charge in [-0.1, -0.05) is 0 Å². The normalized spacial score (nSPS) is 21.3. The van der Waals surface area contributed by atoms with Crippen molar-refractivity contribution >= 4 is 17.7 Å². The van der Waals surface area contributed by atoms with Crippen molar-refractivity contribution < 1.29 is 14.3 Å². The molecule has 6 nitrogen and oxygen atoms in total. The molecule has 0 unspecified atom stereocenters. The predicted octanol–water partition coefficient (Wildman–Crippen LogP) is 2.82. The van der Waals surface area contributed by atoms with Crippen LogP contribution >= 0.6 is 0 Å². The van der Waals surface area contributed by atoms with Crippen LogP contribution in [-0.2, 0) is 16.0 Å². The molecule has 0 radical (unpaired) electrons. The summed E-state index contributed by atoms with van der Waals surface area (Å²) in [6.07, 6.45) is 4.52. The van der Waals surface area contributed by atoms with Gasteiger partial charge in [-0.05, 0) is 58.6 Å². The van der Waals surface area contributed by atoms with E-state index >= 15 is 0 Å². The Kier molecular flexibility index (Phi) is 4.08. The number of rotatable bonds is 1. The quantitative estimate of drug-likeness (QED) is 0.713. The second-order valence-corrected chi connectivity index (χ2v) is 9.28. The Morgan fingerprint density at radius 3 is 2.67 bits per heavy atom. The Bertz CT molecular complexity index is 822. The largest absolute Gasteiger partial charge is 0.444 e. The van der Waals surface area contributed by atoms with Gasteiger partial charge >= 0.3 is 6.09 Å². The molecule has 0 bridgehead atoms. The number of amides is 1. The summed E-state index contributed by atoms with van der Waals surface area (Å²) in [5, 5.41) is 0. The highest BCUT2D eigenvalue weighted by Crippen LogP contribution is 2.52. The van der Waals surface area contributed by atoms with Crippen LogP contribution in [0.3, 0.4) is 0 Å². The number of fused-ring (bicyclic) bond motifs is 1. The summed E-state index contributed by atoms with van der Waals surface area (Å²) in [6, 6.07) is 2.41. The number of carbonyl (C=O) groups is 1. The average Bonchev–Trinajstić information content (AvgIpc) is 2.49. The molecule has 27 heavy (non-hydrogen) atoms. The van der Waals surface area contributed by atoms with E-state index in [1.807, 2.05) is 27.7 Å². The third-order valence-corrected chi connectivity index (χ3v) is 5.87. The zero-order valence-corrected chi connectivity index (χ0v) is 16.5. The molecule has 2 aliphatic heterocycles. The molecule has 4 rings (SSSR count). The first-order chi connectivity index (χ1) is 12.7. The summed E-state index contributed by atoms with van der Waals surface area (Å²) in [5.41, 5.74) is 3.47. The van der Waals surface area contributed by atoms with Gasteiger partial charge in [0.1, 0.15) is 11.3 Å². The molecule has 0 N–H and O–H groups in total. The van der Waals surface area contributed by atoms with E-state index in [4.69, 9.17) is 4.74 Å². The van der Waals surface area contributed by atoms with Crippen LogP contribution in [0.2, 0.25) is 0 Å². The van der Waals surface area contributed by atoms with Crippen molar-refractivity contribution in [2.24, 2.45) is 5.41 Å². The summed E-state index contributed by atoms with van der Waals surface area (Å²) >= 11 is 0. The number of nitrogens with zero attached hydrogens (tertiary/aromatic N) is 3. The monoisotopic (exact) mass is 369 g/mol. The summed E-state index contributed by atoms with van der Waals surface area (Å²) in [7, 11) is 0. The SMILES string of the molecule is Cc1cc2c(cn1)C(=C=O)N(C1CC3(C1)CN(C(=O)OC(C)(C)C)C3)CC2. The fourth-order valence-electron chi connectivity index (χ4n) is 4.66. The minimum atomic E-state index is -0.459. The minimum absolute atomic E-state index is 0.196. The third-order valence-electron chi connectivity index (χ3n) is 5.87. The first-order valence-corrected chi connectivity index (χ1v) is 9.65. The van der Waals surface area contributed by atoms with E-state index in [1.54, 1.807) is 11.1 Å². The molecule has 1 amide bonds. The van der Waals surface area contributed by atoms with Gasteiger partial charge in [-0.25, -0.2) is 9.59 Å². The summed E-state index contributed by atoms with van der Waals surface area (Å²) in [6.45, 7) is 9.98. The molecule has 1 spiro atoms. The Balaban J connectivity index is 1.38. The van der Waals surface area contributed by atoms with E-state index in [9.17, 15) is 9.59 Å². The smallest absolute Gasteiger partial charge is 0.410 e. The van der Waals surface area contributed by atoms with E-state index in [2.05, 4.69) is 21.9 Å². The molecule has 144 valence electrons. The Morgan fingerprint density at radius 1 is 1.33 bits per heavy atom. The molecule has 2 fully saturated rings. The zero-order valence-electron chi connectivity index (χ0n) is 16.5. The molecule has 3 heterocycles. The maximum Gasteiger partial charge on any atom is 0.410 e. The number of ether oxygens (including phenoxy) is 1. The van der Waals surface area contributed by atoms with Crippen molar-refractivity contribution in [1.82, 2.24) is 14.8 Å². The van der Waals surface area contributed by atoms with Crippen LogP contribution in [0, 0.1) is 12.3 Å². The number of aryl methyl sites for hydroxylation is 1. The fraction of sp³-hybridized carbons (Fsp3) is 0.619. The molecule has 1 aromatic rings. The zero-order chi connectivity index (χ0) is 19.4. The topological polar surface area (TPSA) is 62.7 Å². The summed E-state index contributed by atoms with van der Waals surface area (Å²) in [5.74, 6) is 2.16. The summed E-state index contributed by atoms with van der Waals surface area (Å²) < 4.78 is 5.44. The van der Waals surface area contributed by atoms with Crippen molar-refractivity contribution in [2.75, 3.05) is 19.6 Å². The van der Waals surface area contributed by atoms with E-state index in [0.717, 1.165) is 50.2 Å². The second-order valence-electron chi connectivity index (χ2n) is 9.28. The Labute approximate surface area is 160 Å². The van der Waals surface area contributed by atoms with Crippen molar-refractivity contribution in [3.63, 3.8) is 0 Å². The number of likely N-dealkylation sites (tertiary alicyclic amines) is 1. The van der Waals surface area contributed by atoms with Gasteiger partial charge in [0.25, 0.3) is 0 Å². The lowest BCUT2D eigenvalue weighted by atomic mass is 9.60. The molecule has 1 aromatic heterocycles. The average molecular weight is 369 g/mol. The Morgan fingerprint density at radius 2 is 2.04 bits per heavy atom. The number of hydrogen-bond acceptors (Lipinski definition) is 5. The van der Waals surface area contributed by atoms with Gasteiger partial charge in [-0.15, -0.1) is 0 Å². The van der Waals surface area contributed by atoms with Gasteiger partial charge in [-0.2, -0.15) is 0 Å². The van der Waals surface area contributed by atoms with Crippen LogP contribution < -0.4 is 0 Å². The predicted molar refractivity (Wildman–Crippen MR) is 102 cm³/mol. The van der Waals surface area contributed by atoms with E-state index < -0.39 is 5.60 Å². The van der Waals surface area contributed by atoms with Gasteiger partial charge in [0, 0.05) is 48.5 Å². The van der Waals surface area contributed by atoms with Gasteiger partial charge in [0.05, 0.1) is 0 Å². The van der Waals surface area contributed by atoms with Crippen molar-refractivity contribution in [3.05, 3.63) is 29.1 Å². The van der Waals surface area contributed by atoms with Crippen LogP contribution in [0.1, 0.15) is 50.4 Å². The van der Waals surface area contributed by atoms with Crippen LogP contribution in [-0.4, -0.2) is 58.1 Å². The molecule has 1 saturated heterocycles. The van der Waals surface area contributed by atoms with Gasteiger partial charge in [0.15, 0.2) is 5.94 Å². The minimum Gasteiger partial charge on any atom is -0.444 e. The highest BCUT2D eigenvalue weighted by Gasteiger charge is 2.56. The number of pyridine rings is 1. The third kappa shape index (κ3) is 3.23. The molecule has 1 aliphatic carbocycles. The van der Waals surface area contributed by atoms with Gasteiger partial charge in [0.2, 0.25) is 0 Å². The van der Waals surface area contributed by atoms with Crippen LogP contribution in [0.5, 0.6) is 0 Å². The molecule has 0 atom stereocenters. The molecular formula is C21H27N3O3. The molecule has 1 saturated carbocycles. The van der Waals surface area contributed by atoms with Crippen molar-refractivity contribution in [1.29, 1.82) is 0 Å². The first-order valence-electron chi connectivity index (χ1n) is 9.65. The highest BCUT2D eigenvalue weighted by atomic mass is 16.6. The van der Waals surface area contributed by atoms with Gasteiger partial charge < -0.3 is 14.5 Å². The van der Waals surface area contributed by atoms with Crippen LogP contribution in [0.25, 0.3) is 5.70 Å². The lowest BCUT2D eigenvalue weighted by Crippen LogP contribution is -2.68. The van der Waals surface area contributed by atoms with E-state index in [1.165, 1.54) is 5.56 Å². The van der Waals surface area contributed by atoms with Crippen LogP contribution in [0.4, 0.5) is 4.79 Å².